The summed E-state index contributed by atoms with van der Waals surface area (Å²) in [7, 11) is 0. The summed E-state index contributed by atoms with van der Waals surface area (Å²) in [5.74, 6) is 1.38. The average molecular weight is 340 g/mol. The van der Waals surface area contributed by atoms with Crippen LogP contribution >= 0.6 is 11.8 Å². The molecule has 1 atom stereocenters. The molecule has 1 saturated heterocycles. The van der Waals surface area contributed by atoms with Gasteiger partial charge in [0, 0.05) is 25.2 Å². The minimum Gasteiger partial charge on any atom is -0.360 e. The maximum Gasteiger partial charge on any atom is 0.235 e. The summed E-state index contributed by atoms with van der Waals surface area (Å²) >= 11 is 1.30. The number of likely N-dealkylation sites (tertiary alicyclic amines) is 1. The van der Waals surface area contributed by atoms with Gasteiger partial charge in [0.05, 0.1) is 11.5 Å². The monoisotopic (exact) mass is 340 g/mol. The SMILES string of the molecule is Cc1cc(NC(=O)CSCC(=O)N2CCC(N)C(C)(C)C2)no1. The van der Waals surface area contributed by atoms with E-state index in [0.29, 0.717) is 24.7 Å². The number of amides is 2. The molecule has 1 fully saturated rings. The number of anilines is 1. The van der Waals surface area contributed by atoms with Gasteiger partial charge in [0.1, 0.15) is 5.76 Å². The molecule has 0 bridgehead atoms. The Kier molecular flexibility index (Phi) is 5.69. The molecule has 8 heteroatoms. The number of nitrogens with one attached hydrogen (secondary N) is 1. The molecule has 0 spiro atoms. The van der Waals surface area contributed by atoms with E-state index in [1.807, 2.05) is 4.90 Å². The zero-order valence-corrected chi connectivity index (χ0v) is 14.6. The number of aromatic nitrogens is 1. The Hall–Kier alpha value is -1.54. The van der Waals surface area contributed by atoms with Crippen molar-refractivity contribution in [3.63, 3.8) is 0 Å². The van der Waals surface area contributed by atoms with Gasteiger partial charge < -0.3 is 20.5 Å². The van der Waals surface area contributed by atoms with E-state index in [4.69, 9.17) is 10.3 Å². The van der Waals surface area contributed by atoms with Crippen LogP contribution < -0.4 is 11.1 Å². The van der Waals surface area contributed by atoms with Crippen LogP contribution in [0.15, 0.2) is 10.6 Å². The minimum atomic E-state index is -0.197. The number of nitrogens with two attached hydrogens (primary N) is 1. The molecule has 0 saturated carbocycles. The molecular formula is C15H24N4O3S. The molecule has 1 aliphatic rings. The van der Waals surface area contributed by atoms with Gasteiger partial charge in [-0.25, -0.2) is 0 Å². The van der Waals surface area contributed by atoms with Crippen LogP contribution in [0.5, 0.6) is 0 Å². The first kappa shape index (κ1) is 17.8. The molecule has 1 unspecified atom stereocenters. The molecule has 3 N–H and O–H groups in total. The lowest BCUT2D eigenvalue weighted by molar-refractivity contribution is -0.131. The lowest BCUT2D eigenvalue weighted by atomic mass is 9.80. The fourth-order valence-electron chi connectivity index (χ4n) is 2.51. The van der Waals surface area contributed by atoms with E-state index in [-0.39, 0.29) is 34.8 Å². The van der Waals surface area contributed by atoms with E-state index in [0.717, 1.165) is 6.42 Å². The van der Waals surface area contributed by atoms with Crippen molar-refractivity contribution < 1.29 is 14.1 Å². The molecule has 1 aromatic rings. The third-order valence-electron chi connectivity index (χ3n) is 4.02. The van der Waals surface area contributed by atoms with E-state index in [1.165, 1.54) is 11.8 Å². The van der Waals surface area contributed by atoms with Crippen molar-refractivity contribution >= 4 is 29.4 Å². The van der Waals surface area contributed by atoms with E-state index < -0.39 is 0 Å². The van der Waals surface area contributed by atoms with Crippen molar-refractivity contribution in [1.29, 1.82) is 0 Å². The number of rotatable bonds is 5. The lowest BCUT2D eigenvalue weighted by Gasteiger charge is -2.42. The first-order valence-corrected chi connectivity index (χ1v) is 8.77. The number of nitrogens with zero attached hydrogens (tertiary/aromatic N) is 2. The second-order valence-corrected chi connectivity index (χ2v) is 7.55. The number of carbonyl (C=O) groups is 2. The Labute approximate surface area is 140 Å². The fraction of sp³-hybridized carbons (Fsp3) is 0.667. The van der Waals surface area contributed by atoms with Gasteiger partial charge in [-0.05, 0) is 18.8 Å². The highest BCUT2D eigenvalue weighted by atomic mass is 32.2. The zero-order valence-electron chi connectivity index (χ0n) is 13.8. The van der Waals surface area contributed by atoms with Crippen LogP contribution in [0.1, 0.15) is 26.0 Å². The van der Waals surface area contributed by atoms with Crippen molar-refractivity contribution in [1.82, 2.24) is 10.1 Å². The quantitative estimate of drug-likeness (QED) is 0.836. The predicted molar refractivity (Wildman–Crippen MR) is 90.1 cm³/mol. The van der Waals surface area contributed by atoms with E-state index in [9.17, 15) is 9.59 Å². The van der Waals surface area contributed by atoms with Crippen molar-refractivity contribution in [2.75, 3.05) is 29.9 Å². The van der Waals surface area contributed by atoms with Crippen LogP contribution in [0.3, 0.4) is 0 Å². The van der Waals surface area contributed by atoms with Crippen LogP contribution in [0.25, 0.3) is 0 Å². The molecule has 7 nitrogen and oxygen atoms in total. The first-order chi connectivity index (χ1) is 10.8. The largest absolute Gasteiger partial charge is 0.360 e. The third kappa shape index (κ3) is 4.97. The zero-order chi connectivity index (χ0) is 17.0. The molecule has 0 radical (unpaired) electrons. The van der Waals surface area contributed by atoms with Gasteiger partial charge in [-0.15, -0.1) is 11.8 Å². The van der Waals surface area contributed by atoms with Crippen LogP contribution in [-0.2, 0) is 9.59 Å². The van der Waals surface area contributed by atoms with Gasteiger partial charge in [0.25, 0.3) is 0 Å². The molecule has 2 rings (SSSR count). The van der Waals surface area contributed by atoms with E-state index in [1.54, 1.807) is 13.0 Å². The highest BCUT2D eigenvalue weighted by Gasteiger charge is 2.35. The second-order valence-electron chi connectivity index (χ2n) is 6.56. The molecule has 2 heterocycles. The Morgan fingerprint density at radius 3 is 2.87 bits per heavy atom. The molecule has 0 aliphatic carbocycles. The Balaban J connectivity index is 1.71. The maximum absolute atomic E-state index is 12.2. The summed E-state index contributed by atoms with van der Waals surface area (Å²) in [6.45, 7) is 7.27. The maximum atomic E-state index is 12.2. The predicted octanol–water partition coefficient (Wildman–Crippen LogP) is 1.24. The Bertz CT molecular complexity index is 573. The molecule has 23 heavy (non-hydrogen) atoms. The number of hydrogen-bond acceptors (Lipinski definition) is 6. The third-order valence-corrected chi connectivity index (χ3v) is 4.94. The van der Waals surface area contributed by atoms with Gasteiger partial charge in [-0.2, -0.15) is 0 Å². The van der Waals surface area contributed by atoms with Crippen molar-refractivity contribution in [2.45, 2.75) is 33.2 Å². The van der Waals surface area contributed by atoms with Gasteiger partial charge in [-0.3, -0.25) is 9.59 Å². The number of thioether (sulfide) groups is 1. The summed E-state index contributed by atoms with van der Waals surface area (Å²) < 4.78 is 4.87. The second kappa shape index (κ2) is 7.35. The minimum absolute atomic E-state index is 0.0556. The summed E-state index contributed by atoms with van der Waals surface area (Å²) in [4.78, 5) is 25.9. The van der Waals surface area contributed by atoms with Gasteiger partial charge in [0.2, 0.25) is 11.8 Å². The summed E-state index contributed by atoms with van der Waals surface area (Å²) in [5.41, 5.74) is 6.01. The summed E-state index contributed by atoms with van der Waals surface area (Å²) in [5, 5.41) is 6.32. The average Bonchev–Trinajstić information content (AvgIpc) is 2.86. The number of aryl methyl sites for hydroxylation is 1. The van der Waals surface area contributed by atoms with Crippen LogP contribution in [0, 0.1) is 12.3 Å². The van der Waals surface area contributed by atoms with Gasteiger partial charge in [-0.1, -0.05) is 19.0 Å². The Morgan fingerprint density at radius 1 is 1.52 bits per heavy atom. The van der Waals surface area contributed by atoms with Crippen molar-refractivity contribution in [3.8, 4) is 0 Å². The molecule has 1 aromatic heterocycles. The van der Waals surface area contributed by atoms with Crippen LogP contribution in [0.2, 0.25) is 0 Å². The van der Waals surface area contributed by atoms with Crippen molar-refractivity contribution in [3.05, 3.63) is 11.8 Å². The topological polar surface area (TPSA) is 101 Å². The molecule has 0 aromatic carbocycles. The number of piperidine rings is 1. The van der Waals surface area contributed by atoms with E-state index in [2.05, 4.69) is 24.3 Å². The highest BCUT2D eigenvalue weighted by molar-refractivity contribution is 8.00. The van der Waals surface area contributed by atoms with Crippen LogP contribution in [0.4, 0.5) is 5.82 Å². The van der Waals surface area contributed by atoms with Gasteiger partial charge >= 0.3 is 0 Å². The van der Waals surface area contributed by atoms with E-state index >= 15 is 0 Å². The standard InChI is InChI=1S/C15H24N4O3S/c1-10-6-12(18-22-10)17-13(20)7-23-8-14(21)19-5-4-11(16)15(2,3)9-19/h6,11H,4-5,7-9,16H2,1-3H3,(H,17,18,20). The smallest absolute Gasteiger partial charge is 0.235 e. The summed E-state index contributed by atoms with van der Waals surface area (Å²) in [6, 6.07) is 1.77. The molecule has 1 aliphatic heterocycles. The fourth-order valence-corrected chi connectivity index (χ4v) is 3.23. The molecular weight excluding hydrogens is 316 g/mol. The first-order valence-electron chi connectivity index (χ1n) is 7.62. The highest BCUT2D eigenvalue weighted by Crippen LogP contribution is 2.28. The molecule has 2 amide bonds. The van der Waals surface area contributed by atoms with Crippen LogP contribution in [-0.4, -0.2) is 52.5 Å². The molecule has 128 valence electrons. The Morgan fingerprint density at radius 2 is 2.26 bits per heavy atom. The van der Waals surface area contributed by atoms with Crippen molar-refractivity contribution in [2.24, 2.45) is 11.1 Å². The number of carbonyl (C=O) groups excluding carboxylic acids is 2. The summed E-state index contributed by atoms with van der Waals surface area (Å²) in [6.07, 6.45) is 0.815. The lowest BCUT2D eigenvalue weighted by Crippen LogP contribution is -2.54. The normalized spacial score (nSPS) is 20.3. The van der Waals surface area contributed by atoms with Gasteiger partial charge in [0.15, 0.2) is 5.82 Å². The number of hydrogen-bond donors (Lipinski definition) is 2.